The summed E-state index contributed by atoms with van der Waals surface area (Å²) in [5.41, 5.74) is 1.89. The van der Waals surface area contributed by atoms with Crippen LogP contribution in [-0.4, -0.2) is 41.9 Å². The van der Waals surface area contributed by atoms with Crippen LogP contribution < -0.4 is 19.8 Å². The van der Waals surface area contributed by atoms with Gasteiger partial charge in [-0.1, -0.05) is 6.07 Å². The number of piperidine rings is 1. The summed E-state index contributed by atoms with van der Waals surface area (Å²) in [6, 6.07) is 9.63. The number of H-pyrrole nitrogens is 1. The largest absolute Gasteiger partial charge is 0.493 e. The fourth-order valence-corrected chi connectivity index (χ4v) is 4.86. The van der Waals surface area contributed by atoms with Crippen LogP contribution >= 0.6 is 11.3 Å². The third kappa shape index (κ3) is 3.80. The van der Waals surface area contributed by atoms with E-state index in [0.717, 1.165) is 54.4 Å². The first kappa shape index (κ1) is 19.1. The van der Waals surface area contributed by atoms with Crippen molar-refractivity contribution in [2.75, 3.05) is 27.0 Å². The van der Waals surface area contributed by atoms with E-state index in [1.165, 1.54) is 0 Å². The van der Waals surface area contributed by atoms with Gasteiger partial charge in [-0.25, -0.2) is 4.98 Å². The first-order chi connectivity index (χ1) is 14.7. The molecule has 0 amide bonds. The van der Waals surface area contributed by atoms with Gasteiger partial charge >= 0.3 is 0 Å². The van der Waals surface area contributed by atoms with Crippen LogP contribution in [0, 0.1) is 0 Å². The minimum atomic E-state index is -0.0963. The number of methoxy groups -OCH3 is 1. The lowest BCUT2D eigenvalue weighted by Crippen LogP contribution is -2.34. The Labute approximate surface area is 178 Å². The maximum atomic E-state index is 12.3. The molecule has 0 unspecified atom stereocenters. The molecule has 2 aliphatic heterocycles. The van der Waals surface area contributed by atoms with Gasteiger partial charge in [0.25, 0.3) is 5.56 Å². The molecule has 3 aromatic rings. The van der Waals surface area contributed by atoms with Crippen molar-refractivity contribution in [3.63, 3.8) is 0 Å². The van der Waals surface area contributed by atoms with Crippen LogP contribution in [0.4, 0.5) is 0 Å². The van der Waals surface area contributed by atoms with E-state index in [2.05, 4.69) is 9.88 Å². The van der Waals surface area contributed by atoms with E-state index >= 15 is 0 Å². The lowest BCUT2D eigenvalue weighted by molar-refractivity contribution is 0.171. The minimum Gasteiger partial charge on any atom is -0.493 e. The number of fused-ring (bicyclic) bond motifs is 1. The van der Waals surface area contributed by atoms with E-state index in [1.54, 1.807) is 24.5 Å². The van der Waals surface area contributed by atoms with Crippen molar-refractivity contribution in [2.24, 2.45) is 0 Å². The fourth-order valence-electron chi connectivity index (χ4n) is 4.19. The average Bonchev–Trinajstić information content (AvgIpc) is 3.45. The summed E-state index contributed by atoms with van der Waals surface area (Å²) < 4.78 is 16.5. The molecular weight excluding hydrogens is 402 g/mol. The van der Waals surface area contributed by atoms with E-state index in [0.29, 0.717) is 17.3 Å². The Hall–Kier alpha value is -2.84. The summed E-state index contributed by atoms with van der Waals surface area (Å²) in [4.78, 5) is 23.3. The van der Waals surface area contributed by atoms with Gasteiger partial charge in [-0.15, -0.1) is 11.3 Å². The Morgan fingerprint density at radius 2 is 2.27 bits per heavy atom. The highest BCUT2D eigenvalue weighted by Gasteiger charge is 2.25. The number of nitrogens with one attached hydrogen (secondary N) is 1. The van der Waals surface area contributed by atoms with E-state index in [-0.39, 0.29) is 18.3 Å². The Bertz CT molecular complexity index is 1100. The molecule has 4 heterocycles. The van der Waals surface area contributed by atoms with Crippen molar-refractivity contribution in [1.29, 1.82) is 0 Å². The molecule has 0 bridgehead atoms. The van der Waals surface area contributed by atoms with Gasteiger partial charge in [-0.3, -0.25) is 9.69 Å². The number of hydrogen-bond acceptors (Lipinski definition) is 7. The van der Waals surface area contributed by atoms with Crippen molar-refractivity contribution in [2.45, 2.75) is 25.3 Å². The van der Waals surface area contributed by atoms with E-state index < -0.39 is 0 Å². The second kappa shape index (κ2) is 8.12. The molecule has 0 spiro atoms. The average molecular weight is 426 g/mol. The molecular formula is C22H23N3O4S. The van der Waals surface area contributed by atoms with Crippen molar-refractivity contribution in [3.8, 4) is 28.0 Å². The van der Waals surface area contributed by atoms with Crippen LogP contribution in [0.2, 0.25) is 0 Å². The molecule has 8 heteroatoms. The van der Waals surface area contributed by atoms with Crippen molar-refractivity contribution in [1.82, 2.24) is 14.9 Å². The number of ether oxygens (including phenoxy) is 3. The number of likely N-dealkylation sites (tertiary alicyclic amines) is 1. The SMILES string of the molecule is COc1cc(CN2CCC[C@@H](c3cc(=O)[nH]c(-c4cccs4)n3)C2)cc2c1OCO2. The molecule has 0 saturated carbocycles. The Balaban J connectivity index is 1.35. The highest BCUT2D eigenvalue weighted by atomic mass is 32.1. The molecule has 0 radical (unpaired) electrons. The van der Waals surface area contributed by atoms with Gasteiger partial charge in [0.15, 0.2) is 11.5 Å². The third-order valence-electron chi connectivity index (χ3n) is 5.56. The van der Waals surface area contributed by atoms with E-state index in [1.807, 2.05) is 29.6 Å². The van der Waals surface area contributed by atoms with Crippen LogP contribution in [-0.2, 0) is 6.54 Å². The van der Waals surface area contributed by atoms with Crippen LogP contribution in [0.5, 0.6) is 17.2 Å². The zero-order valence-electron chi connectivity index (χ0n) is 16.7. The summed E-state index contributed by atoms with van der Waals surface area (Å²) in [5.74, 6) is 2.99. The third-order valence-corrected chi connectivity index (χ3v) is 6.44. The topological polar surface area (TPSA) is 76.7 Å². The van der Waals surface area contributed by atoms with Gasteiger partial charge in [0, 0.05) is 25.1 Å². The fraction of sp³-hybridized carbons (Fsp3) is 0.364. The molecule has 1 aromatic carbocycles. The Kier molecular flexibility index (Phi) is 5.18. The van der Waals surface area contributed by atoms with Gasteiger partial charge in [0.1, 0.15) is 5.82 Å². The first-order valence-electron chi connectivity index (χ1n) is 10.0. The van der Waals surface area contributed by atoms with Crippen LogP contribution in [0.25, 0.3) is 10.7 Å². The lowest BCUT2D eigenvalue weighted by atomic mass is 9.94. The van der Waals surface area contributed by atoms with Gasteiger partial charge < -0.3 is 19.2 Å². The second-order valence-electron chi connectivity index (χ2n) is 7.60. The molecule has 1 N–H and O–H groups in total. The maximum absolute atomic E-state index is 12.3. The van der Waals surface area contributed by atoms with Crippen LogP contribution in [0.3, 0.4) is 0 Å². The van der Waals surface area contributed by atoms with Gasteiger partial charge in [0.2, 0.25) is 12.5 Å². The quantitative estimate of drug-likeness (QED) is 0.673. The molecule has 2 aliphatic rings. The van der Waals surface area contributed by atoms with E-state index in [4.69, 9.17) is 19.2 Å². The number of aromatic nitrogens is 2. The number of aromatic amines is 1. The molecule has 30 heavy (non-hydrogen) atoms. The predicted molar refractivity (Wildman–Crippen MR) is 115 cm³/mol. The summed E-state index contributed by atoms with van der Waals surface area (Å²) in [6.45, 7) is 2.87. The van der Waals surface area contributed by atoms with Gasteiger partial charge in [-0.2, -0.15) is 0 Å². The summed E-state index contributed by atoms with van der Waals surface area (Å²) in [5, 5.41) is 1.99. The monoisotopic (exact) mass is 425 g/mol. The highest BCUT2D eigenvalue weighted by molar-refractivity contribution is 7.13. The maximum Gasteiger partial charge on any atom is 0.251 e. The Morgan fingerprint density at radius 1 is 1.33 bits per heavy atom. The molecule has 2 aromatic heterocycles. The predicted octanol–water partition coefficient (Wildman–Crippen LogP) is 3.62. The van der Waals surface area contributed by atoms with Crippen LogP contribution in [0.1, 0.15) is 30.0 Å². The van der Waals surface area contributed by atoms with E-state index in [9.17, 15) is 4.79 Å². The molecule has 5 rings (SSSR count). The lowest BCUT2D eigenvalue weighted by Gasteiger charge is -2.32. The summed E-state index contributed by atoms with van der Waals surface area (Å²) >= 11 is 1.58. The molecule has 0 aliphatic carbocycles. The summed E-state index contributed by atoms with van der Waals surface area (Å²) in [6.07, 6.45) is 2.09. The molecule has 156 valence electrons. The zero-order valence-corrected chi connectivity index (χ0v) is 17.5. The molecule has 7 nitrogen and oxygen atoms in total. The standard InChI is InChI=1S/C22H23N3O4S/c1-27-17-8-14(9-18-21(17)29-13-28-18)11-25-6-2-4-15(12-25)16-10-20(26)24-22(23-16)19-5-3-7-30-19/h3,5,7-10,15H,2,4,6,11-13H2,1H3,(H,23,24,26)/t15-/m1/s1. The summed E-state index contributed by atoms with van der Waals surface area (Å²) in [7, 11) is 1.64. The van der Waals surface area contributed by atoms with Crippen molar-refractivity contribution >= 4 is 11.3 Å². The zero-order chi connectivity index (χ0) is 20.5. The van der Waals surface area contributed by atoms with Gasteiger partial charge in [-0.05, 0) is 48.5 Å². The minimum absolute atomic E-state index is 0.0963. The molecule has 1 atom stereocenters. The second-order valence-corrected chi connectivity index (χ2v) is 8.55. The first-order valence-corrected chi connectivity index (χ1v) is 10.9. The number of thiophene rings is 1. The number of hydrogen-bond donors (Lipinski definition) is 1. The molecule has 1 fully saturated rings. The number of benzene rings is 1. The number of nitrogens with zero attached hydrogens (tertiary/aromatic N) is 2. The normalized spacial score (nSPS) is 18.5. The van der Waals surface area contributed by atoms with Crippen LogP contribution in [0.15, 0.2) is 40.5 Å². The highest BCUT2D eigenvalue weighted by Crippen LogP contribution is 2.42. The van der Waals surface area contributed by atoms with Gasteiger partial charge in [0.05, 0.1) is 17.7 Å². The number of rotatable bonds is 5. The molecule has 1 saturated heterocycles. The van der Waals surface area contributed by atoms with Crippen molar-refractivity contribution in [3.05, 3.63) is 57.3 Å². The Morgan fingerprint density at radius 3 is 3.10 bits per heavy atom. The smallest absolute Gasteiger partial charge is 0.251 e. The van der Waals surface area contributed by atoms with Crippen molar-refractivity contribution < 1.29 is 14.2 Å².